The van der Waals surface area contributed by atoms with E-state index in [4.69, 9.17) is 19.4 Å². The molecule has 348 valence electrons. The average Bonchev–Trinajstić information content (AvgIpc) is 4.14. The zero-order valence-corrected chi connectivity index (χ0v) is 41.6. The highest BCUT2D eigenvalue weighted by atomic mass is 16.5. The van der Waals surface area contributed by atoms with Crippen LogP contribution in [-0.4, -0.2) is 63.5 Å². The van der Waals surface area contributed by atoms with Crippen molar-refractivity contribution >= 4 is 56.2 Å². The third kappa shape index (κ3) is 7.81. The third-order valence-electron chi connectivity index (χ3n) is 13.5. The standard InChI is InChI=1S/C62H52N8O2/c1-39-25-41(3)59(42(4)26-39)45-29-47(67-23-21-65(7)37-67)33-51(31-45)71-49-15-17-53-55(35-49)69(57-13-9-11-19-63-57)62-54-18-16-50(36-56(54)70(61(53)62)58-14-10-12-20-64-58)72-52-32-46(60-43(5)27-40(2)28-44(60)6)30-48(34-52)68-24-22-66(8)38-68/h9-36H,1-8H3/q+4. The lowest BCUT2D eigenvalue weighted by Crippen LogP contribution is -1.98. The van der Waals surface area contributed by atoms with E-state index in [1.807, 2.05) is 106 Å². The lowest BCUT2D eigenvalue weighted by Gasteiger charge is -2.14. The summed E-state index contributed by atoms with van der Waals surface area (Å²) in [6.07, 6.45) is 11.7. The molecular formula is C62H52N8O2+4. The van der Waals surface area contributed by atoms with Crippen molar-refractivity contribution in [3.63, 3.8) is 0 Å². The minimum atomic E-state index is 0.690. The Kier molecular flexibility index (Phi) is 10.6. The van der Waals surface area contributed by atoms with Crippen LogP contribution in [0.2, 0.25) is 0 Å². The second-order valence-corrected chi connectivity index (χ2v) is 19.0. The molecule has 12 rings (SSSR count). The van der Waals surface area contributed by atoms with Gasteiger partial charge in [-0.25, -0.2) is 9.97 Å². The Labute approximate surface area is 417 Å². The largest absolute Gasteiger partial charge is 0.495 e. The first-order valence-electron chi connectivity index (χ1n) is 24.1. The molecule has 2 aliphatic heterocycles. The second kappa shape index (κ2) is 17.3. The Morgan fingerprint density at radius 2 is 0.847 bits per heavy atom. The van der Waals surface area contributed by atoms with Gasteiger partial charge in [-0.1, -0.05) is 65.8 Å². The van der Waals surface area contributed by atoms with Crippen molar-refractivity contribution in [1.29, 1.82) is 0 Å². The van der Waals surface area contributed by atoms with Crippen LogP contribution in [0.3, 0.4) is 0 Å². The molecule has 0 radical (unpaired) electrons. The third-order valence-corrected chi connectivity index (χ3v) is 13.5. The van der Waals surface area contributed by atoms with Crippen molar-refractivity contribution < 1.29 is 27.8 Å². The highest BCUT2D eigenvalue weighted by Crippen LogP contribution is 2.44. The molecule has 10 aromatic rings. The van der Waals surface area contributed by atoms with E-state index in [1.54, 1.807) is 0 Å². The number of pyridine rings is 2. The van der Waals surface area contributed by atoms with Gasteiger partial charge in [-0.05, 0) is 147 Å². The molecule has 2 aliphatic rings. The Morgan fingerprint density at radius 1 is 0.431 bits per heavy atom. The Balaban J connectivity index is 1.03. The van der Waals surface area contributed by atoms with E-state index >= 15 is 0 Å². The maximum absolute atomic E-state index is 6.94. The van der Waals surface area contributed by atoms with E-state index in [9.17, 15) is 0 Å². The van der Waals surface area contributed by atoms with Crippen LogP contribution >= 0.6 is 0 Å². The van der Waals surface area contributed by atoms with Gasteiger partial charge >= 0.3 is 12.0 Å². The number of ether oxygens (including phenoxy) is 2. The first-order valence-corrected chi connectivity index (χ1v) is 24.1. The molecule has 4 aromatic heterocycles. The molecule has 6 heterocycles. The highest BCUT2D eigenvalue weighted by molar-refractivity contribution is 6.20. The average molecular weight is 941 g/mol. The number of hydrogen-bond acceptors (Lipinski definition) is 4. The summed E-state index contributed by atoms with van der Waals surface area (Å²) in [6.45, 7) is 13.0. The van der Waals surface area contributed by atoms with Gasteiger partial charge in [-0.3, -0.25) is 9.13 Å². The van der Waals surface area contributed by atoms with E-state index < -0.39 is 0 Å². The summed E-state index contributed by atoms with van der Waals surface area (Å²) in [5.74, 6) is 4.37. The quantitative estimate of drug-likeness (QED) is 0.128. The minimum Gasteiger partial charge on any atom is -0.457 e. The molecule has 0 amide bonds. The minimum absolute atomic E-state index is 0.690. The predicted octanol–water partition coefficient (Wildman–Crippen LogP) is 14.2. The molecule has 0 fully saturated rings. The number of aryl methyl sites for hydroxylation is 6. The van der Waals surface area contributed by atoms with Crippen LogP contribution in [0.1, 0.15) is 33.4 Å². The number of nitrogens with zero attached hydrogens (tertiary/aromatic N) is 8. The molecule has 0 unspecified atom stereocenters. The number of hydrogen-bond donors (Lipinski definition) is 0. The van der Waals surface area contributed by atoms with Crippen molar-refractivity contribution in [2.75, 3.05) is 14.1 Å². The normalized spacial score (nSPS) is 13.1. The Hall–Kier alpha value is -9.20. The van der Waals surface area contributed by atoms with Gasteiger partial charge in [0.1, 0.15) is 34.6 Å². The maximum Gasteiger partial charge on any atom is 0.495 e. The second-order valence-electron chi connectivity index (χ2n) is 19.0. The van der Waals surface area contributed by atoms with Gasteiger partial charge in [-0.2, -0.15) is 0 Å². The van der Waals surface area contributed by atoms with Crippen LogP contribution in [0, 0.1) is 41.5 Å². The van der Waals surface area contributed by atoms with Crippen molar-refractivity contribution in [2.24, 2.45) is 0 Å². The first kappa shape index (κ1) is 44.0. The van der Waals surface area contributed by atoms with Gasteiger partial charge in [0.15, 0.2) is 14.1 Å². The van der Waals surface area contributed by atoms with Gasteiger partial charge < -0.3 is 9.47 Å². The maximum atomic E-state index is 6.94. The van der Waals surface area contributed by atoms with E-state index in [-0.39, 0.29) is 0 Å². The molecule has 10 heteroatoms. The summed E-state index contributed by atoms with van der Waals surface area (Å²) >= 11 is 0. The molecule has 10 nitrogen and oxygen atoms in total. The molecule has 0 bridgehead atoms. The molecule has 0 atom stereocenters. The fourth-order valence-electron chi connectivity index (χ4n) is 10.8. The van der Waals surface area contributed by atoms with Gasteiger partial charge in [0.2, 0.25) is 23.8 Å². The number of rotatable bonds is 10. The predicted molar refractivity (Wildman–Crippen MR) is 286 cm³/mol. The molecule has 6 aromatic carbocycles. The van der Waals surface area contributed by atoms with E-state index in [0.29, 0.717) is 23.0 Å². The lowest BCUT2D eigenvalue weighted by atomic mass is 9.93. The van der Waals surface area contributed by atoms with Crippen LogP contribution in [0.25, 0.3) is 66.7 Å². The molecular weight excluding hydrogens is 889 g/mol. The van der Waals surface area contributed by atoms with E-state index in [1.165, 1.54) is 44.5 Å². The van der Waals surface area contributed by atoms with Crippen molar-refractivity contribution in [3.05, 3.63) is 204 Å². The summed E-state index contributed by atoms with van der Waals surface area (Å²) < 4.78 is 26.2. The molecule has 0 saturated carbocycles. The summed E-state index contributed by atoms with van der Waals surface area (Å²) in [4.78, 5) is 9.91. The van der Waals surface area contributed by atoms with Gasteiger partial charge in [0.05, 0.1) is 34.2 Å². The lowest BCUT2D eigenvalue weighted by molar-refractivity contribution is -0.429. The fraction of sp³-hybridized carbons (Fsp3) is 0.129. The van der Waals surface area contributed by atoms with Crippen LogP contribution in [0.5, 0.6) is 23.0 Å². The Bertz CT molecular complexity index is 3830. The van der Waals surface area contributed by atoms with E-state index in [2.05, 4.69) is 160 Å². The monoisotopic (exact) mass is 940 g/mol. The zero-order valence-electron chi connectivity index (χ0n) is 41.6. The molecule has 0 aliphatic carbocycles. The van der Waals surface area contributed by atoms with Crippen LogP contribution in [0.4, 0.5) is 11.4 Å². The topological polar surface area (TPSA) is 66.1 Å². The van der Waals surface area contributed by atoms with Crippen LogP contribution in [0.15, 0.2) is 171 Å². The summed E-state index contributed by atoms with van der Waals surface area (Å²) in [5, 5.41) is 2.03. The first-order chi connectivity index (χ1) is 34.9. The zero-order chi connectivity index (χ0) is 49.4. The number of benzene rings is 6. The SMILES string of the molecule is Cc1cc(C)c(-c2cc(Oc3ccc4c(c3)n(-c3ccccn3)c3c5ccc(Oc6cc(-c7c(C)cc(C)cc7C)cc([N+]7=C=[N+](C)C=C7)c6)cc5n(-c5ccccn5)c43)cc([N+]3=C=[N+](C)C=C3)c2)c(C)c1. The highest BCUT2D eigenvalue weighted by Gasteiger charge is 2.26. The molecule has 0 N–H and O–H groups in total. The van der Waals surface area contributed by atoms with Crippen molar-refractivity contribution in [1.82, 2.24) is 19.1 Å². The van der Waals surface area contributed by atoms with E-state index in [0.717, 1.165) is 67.0 Å². The smallest absolute Gasteiger partial charge is 0.457 e. The number of aromatic nitrogens is 4. The van der Waals surface area contributed by atoms with Crippen LogP contribution in [-0.2, 0) is 0 Å². The van der Waals surface area contributed by atoms with Crippen LogP contribution < -0.4 is 9.47 Å². The Morgan fingerprint density at radius 3 is 1.21 bits per heavy atom. The summed E-state index contributed by atoms with van der Waals surface area (Å²) in [5.41, 5.74) is 17.6. The number of fused-ring (bicyclic) bond motifs is 5. The summed E-state index contributed by atoms with van der Waals surface area (Å²) in [7, 11) is 3.95. The molecule has 0 spiro atoms. The van der Waals surface area contributed by atoms with Crippen molar-refractivity contribution in [2.45, 2.75) is 41.5 Å². The molecule has 0 saturated heterocycles. The fourth-order valence-corrected chi connectivity index (χ4v) is 10.8. The molecule has 72 heavy (non-hydrogen) atoms. The van der Waals surface area contributed by atoms with Gasteiger partial charge in [0.25, 0.3) is 12.4 Å². The van der Waals surface area contributed by atoms with Crippen molar-refractivity contribution in [3.8, 4) is 56.9 Å². The van der Waals surface area contributed by atoms with Gasteiger partial charge in [-0.15, -0.1) is 0 Å². The van der Waals surface area contributed by atoms with Gasteiger partial charge in [0, 0.05) is 47.4 Å². The summed E-state index contributed by atoms with van der Waals surface area (Å²) in [6, 6.07) is 53.3.